The Morgan fingerprint density at radius 1 is 1.00 bits per heavy atom. The number of rotatable bonds is 5. The highest BCUT2D eigenvalue weighted by molar-refractivity contribution is 5.92. The molecule has 1 heterocycles. The minimum absolute atomic E-state index is 0.0458. The van der Waals surface area contributed by atoms with Crippen LogP contribution in [-0.2, 0) is 9.59 Å². The standard InChI is InChI=1S/C17H20N4O2/c1-11(2)17(23)21-15-7-8-16(18-10-15)20-14-6-4-5-13(9-14)19-12(3)22/h4-11H,1-3H3,(H,18,20)(H,19,22)(H,21,23). The summed E-state index contributed by atoms with van der Waals surface area (Å²) in [6.07, 6.45) is 1.60. The Morgan fingerprint density at radius 3 is 2.35 bits per heavy atom. The molecular formula is C17H20N4O2. The molecule has 0 saturated heterocycles. The molecule has 2 amide bonds. The number of hydrogen-bond donors (Lipinski definition) is 3. The maximum Gasteiger partial charge on any atom is 0.226 e. The number of pyridine rings is 1. The average Bonchev–Trinajstić information content (AvgIpc) is 2.49. The zero-order valence-electron chi connectivity index (χ0n) is 13.4. The van der Waals surface area contributed by atoms with E-state index in [1.807, 2.05) is 38.1 Å². The third-order valence-electron chi connectivity index (χ3n) is 3.01. The Hall–Kier alpha value is -2.89. The van der Waals surface area contributed by atoms with Crippen LogP contribution in [0.3, 0.4) is 0 Å². The maximum atomic E-state index is 11.6. The van der Waals surface area contributed by atoms with Gasteiger partial charge in [0.25, 0.3) is 0 Å². The Kier molecular flexibility index (Phi) is 5.30. The van der Waals surface area contributed by atoms with E-state index in [0.29, 0.717) is 17.2 Å². The molecule has 120 valence electrons. The lowest BCUT2D eigenvalue weighted by Gasteiger charge is -2.10. The van der Waals surface area contributed by atoms with Gasteiger partial charge in [-0.05, 0) is 30.3 Å². The number of benzene rings is 1. The van der Waals surface area contributed by atoms with Gasteiger partial charge in [0.05, 0.1) is 11.9 Å². The number of carbonyl (C=O) groups is 2. The molecule has 1 aromatic carbocycles. The van der Waals surface area contributed by atoms with Crippen LogP contribution in [0.4, 0.5) is 22.9 Å². The summed E-state index contributed by atoms with van der Waals surface area (Å²) < 4.78 is 0. The van der Waals surface area contributed by atoms with Gasteiger partial charge in [-0.15, -0.1) is 0 Å². The lowest BCUT2D eigenvalue weighted by Crippen LogP contribution is -2.17. The third kappa shape index (κ3) is 5.10. The molecule has 23 heavy (non-hydrogen) atoms. The predicted molar refractivity (Wildman–Crippen MR) is 91.7 cm³/mol. The molecule has 0 unspecified atom stereocenters. The largest absolute Gasteiger partial charge is 0.340 e. The van der Waals surface area contributed by atoms with Crippen molar-refractivity contribution in [3.63, 3.8) is 0 Å². The van der Waals surface area contributed by atoms with Crippen LogP contribution < -0.4 is 16.0 Å². The smallest absolute Gasteiger partial charge is 0.226 e. The monoisotopic (exact) mass is 312 g/mol. The fraction of sp³-hybridized carbons (Fsp3) is 0.235. The molecule has 2 rings (SSSR count). The van der Waals surface area contributed by atoms with Crippen molar-refractivity contribution >= 4 is 34.7 Å². The van der Waals surface area contributed by atoms with Crippen molar-refractivity contribution in [2.75, 3.05) is 16.0 Å². The van der Waals surface area contributed by atoms with Gasteiger partial charge >= 0.3 is 0 Å². The van der Waals surface area contributed by atoms with Crippen molar-refractivity contribution in [2.45, 2.75) is 20.8 Å². The predicted octanol–water partition coefficient (Wildman–Crippen LogP) is 3.38. The molecule has 0 aliphatic rings. The number of anilines is 4. The molecule has 1 aromatic heterocycles. The highest BCUT2D eigenvalue weighted by Gasteiger charge is 2.07. The number of nitrogens with zero attached hydrogens (tertiary/aromatic N) is 1. The quantitative estimate of drug-likeness (QED) is 0.790. The number of nitrogens with one attached hydrogen (secondary N) is 3. The van der Waals surface area contributed by atoms with Crippen LogP contribution in [0.2, 0.25) is 0 Å². The van der Waals surface area contributed by atoms with Gasteiger partial charge in [0.15, 0.2) is 0 Å². The maximum absolute atomic E-state index is 11.6. The van der Waals surface area contributed by atoms with Crippen molar-refractivity contribution in [1.82, 2.24) is 4.98 Å². The molecular weight excluding hydrogens is 292 g/mol. The van der Waals surface area contributed by atoms with E-state index in [2.05, 4.69) is 20.9 Å². The normalized spacial score (nSPS) is 10.3. The first-order valence-corrected chi connectivity index (χ1v) is 7.35. The van der Waals surface area contributed by atoms with Crippen LogP contribution in [-0.4, -0.2) is 16.8 Å². The molecule has 6 heteroatoms. The van der Waals surface area contributed by atoms with E-state index < -0.39 is 0 Å². The van der Waals surface area contributed by atoms with E-state index in [1.54, 1.807) is 18.3 Å². The summed E-state index contributed by atoms with van der Waals surface area (Å²) in [7, 11) is 0. The van der Waals surface area contributed by atoms with E-state index in [9.17, 15) is 9.59 Å². The van der Waals surface area contributed by atoms with Crippen molar-refractivity contribution in [1.29, 1.82) is 0 Å². The van der Waals surface area contributed by atoms with Crippen LogP contribution in [0.1, 0.15) is 20.8 Å². The summed E-state index contributed by atoms with van der Waals surface area (Å²) in [5, 5.41) is 8.66. The van der Waals surface area contributed by atoms with Gasteiger partial charge in [-0.1, -0.05) is 19.9 Å². The number of amides is 2. The molecule has 0 radical (unpaired) electrons. The highest BCUT2D eigenvalue weighted by Crippen LogP contribution is 2.20. The molecule has 0 saturated carbocycles. The fourth-order valence-electron chi connectivity index (χ4n) is 1.85. The van der Waals surface area contributed by atoms with Gasteiger partial charge in [0, 0.05) is 24.2 Å². The first-order valence-electron chi connectivity index (χ1n) is 7.35. The minimum atomic E-state index is -0.120. The summed E-state index contributed by atoms with van der Waals surface area (Å²) in [6.45, 7) is 5.13. The van der Waals surface area contributed by atoms with Crippen LogP contribution in [0.15, 0.2) is 42.6 Å². The van der Waals surface area contributed by atoms with Gasteiger partial charge < -0.3 is 16.0 Å². The first-order chi connectivity index (χ1) is 10.9. The Labute approximate surface area is 135 Å². The van der Waals surface area contributed by atoms with Crippen molar-refractivity contribution < 1.29 is 9.59 Å². The summed E-state index contributed by atoms with van der Waals surface area (Å²) in [5.41, 5.74) is 2.17. The molecule has 0 aliphatic carbocycles. The second kappa shape index (κ2) is 7.40. The number of hydrogen-bond acceptors (Lipinski definition) is 4. The van der Waals surface area contributed by atoms with E-state index >= 15 is 0 Å². The number of carbonyl (C=O) groups excluding carboxylic acids is 2. The molecule has 2 aromatic rings. The lowest BCUT2D eigenvalue weighted by atomic mass is 10.2. The second-order valence-corrected chi connectivity index (χ2v) is 5.46. The third-order valence-corrected chi connectivity index (χ3v) is 3.01. The molecule has 6 nitrogen and oxygen atoms in total. The molecule has 0 spiro atoms. The SMILES string of the molecule is CC(=O)Nc1cccc(Nc2ccc(NC(=O)C(C)C)cn2)c1. The van der Waals surface area contributed by atoms with E-state index in [4.69, 9.17) is 0 Å². The average molecular weight is 312 g/mol. The topological polar surface area (TPSA) is 83.1 Å². The number of aromatic nitrogens is 1. The molecule has 3 N–H and O–H groups in total. The summed E-state index contributed by atoms with van der Waals surface area (Å²) >= 11 is 0. The molecule has 0 aliphatic heterocycles. The Bertz CT molecular complexity index is 696. The van der Waals surface area contributed by atoms with E-state index in [0.717, 1.165) is 5.69 Å². The van der Waals surface area contributed by atoms with Crippen molar-refractivity contribution in [3.8, 4) is 0 Å². The zero-order chi connectivity index (χ0) is 16.8. The summed E-state index contributed by atoms with van der Waals surface area (Å²) in [5.74, 6) is 0.401. The van der Waals surface area contributed by atoms with Crippen LogP contribution in [0.5, 0.6) is 0 Å². The Morgan fingerprint density at radius 2 is 1.74 bits per heavy atom. The van der Waals surface area contributed by atoms with Gasteiger partial charge in [-0.2, -0.15) is 0 Å². The van der Waals surface area contributed by atoms with Gasteiger partial charge in [-0.25, -0.2) is 4.98 Å². The van der Waals surface area contributed by atoms with Crippen molar-refractivity contribution in [2.24, 2.45) is 5.92 Å². The summed E-state index contributed by atoms with van der Waals surface area (Å²) in [6, 6.07) is 10.9. The molecule has 0 fully saturated rings. The second-order valence-electron chi connectivity index (χ2n) is 5.46. The minimum Gasteiger partial charge on any atom is -0.340 e. The van der Waals surface area contributed by atoms with E-state index in [1.165, 1.54) is 6.92 Å². The zero-order valence-corrected chi connectivity index (χ0v) is 13.4. The van der Waals surface area contributed by atoms with Crippen LogP contribution in [0.25, 0.3) is 0 Å². The van der Waals surface area contributed by atoms with Gasteiger partial charge in [0.1, 0.15) is 5.82 Å². The van der Waals surface area contributed by atoms with Crippen LogP contribution >= 0.6 is 0 Å². The van der Waals surface area contributed by atoms with Gasteiger partial charge in [-0.3, -0.25) is 9.59 Å². The fourth-order valence-corrected chi connectivity index (χ4v) is 1.85. The first kappa shape index (κ1) is 16.5. The van der Waals surface area contributed by atoms with Gasteiger partial charge in [0.2, 0.25) is 11.8 Å². The Balaban J connectivity index is 2.03. The van der Waals surface area contributed by atoms with E-state index in [-0.39, 0.29) is 17.7 Å². The summed E-state index contributed by atoms with van der Waals surface area (Å²) in [4.78, 5) is 27.0. The molecule has 0 bridgehead atoms. The van der Waals surface area contributed by atoms with Crippen LogP contribution in [0, 0.1) is 5.92 Å². The van der Waals surface area contributed by atoms with Crippen molar-refractivity contribution in [3.05, 3.63) is 42.6 Å². The molecule has 0 atom stereocenters. The lowest BCUT2D eigenvalue weighted by molar-refractivity contribution is -0.119. The highest BCUT2D eigenvalue weighted by atomic mass is 16.2.